The fraction of sp³-hybridized carbons (Fsp3) is 0.478. The molecule has 0 atom stereocenters. The molecule has 1 saturated heterocycles. The van der Waals surface area contributed by atoms with Crippen LogP contribution in [0.5, 0.6) is 5.75 Å². The number of rotatable bonds is 5. The predicted octanol–water partition coefficient (Wildman–Crippen LogP) is 3.48. The maximum atomic E-state index is 12.7. The van der Waals surface area contributed by atoms with Gasteiger partial charge in [-0.1, -0.05) is 19.3 Å². The van der Waals surface area contributed by atoms with Crippen molar-refractivity contribution in [2.45, 2.75) is 38.1 Å². The highest BCUT2D eigenvalue weighted by molar-refractivity contribution is 5.95. The molecule has 1 aliphatic carbocycles. The van der Waals surface area contributed by atoms with E-state index >= 15 is 0 Å². The number of ether oxygens (including phenoxy) is 1. The smallest absolute Gasteiger partial charge is 0.251 e. The second-order valence-electron chi connectivity index (χ2n) is 7.88. The summed E-state index contributed by atoms with van der Waals surface area (Å²) in [5, 5.41) is 3.20. The van der Waals surface area contributed by atoms with Crippen LogP contribution in [-0.2, 0) is 0 Å². The third-order valence-electron chi connectivity index (χ3n) is 5.99. The monoisotopic (exact) mass is 394 g/mol. The van der Waals surface area contributed by atoms with Crippen LogP contribution < -0.4 is 19.9 Å². The Morgan fingerprint density at radius 1 is 1.00 bits per heavy atom. The zero-order valence-corrected chi connectivity index (χ0v) is 17.1. The number of nitrogens with one attached hydrogen (secondary N) is 1. The van der Waals surface area contributed by atoms with Crippen LogP contribution in [0.4, 0.5) is 11.5 Å². The molecule has 0 spiro atoms. The van der Waals surface area contributed by atoms with E-state index < -0.39 is 0 Å². The second kappa shape index (κ2) is 9.16. The zero-order valence-electron chi connectivity index (χ0n) is 17.1. The number of benzene rings is 1. The normalized spacial score (nSPS) is 17.8. The van der Waals surface area contributed by atoms with Gasteiger partial charge in [-0.05, 0) is 49.2 Å². The van der Waals surface area contributed by atoms with Gasteiger partial charge >= 0.3 is 0 Å². The molecule has 2 aliphatic rings. The highest BCUT2D eigenvalue weighted by Crippen LogP contribution is 2.23. The van der Waals surface area contributed by atoms with Gasteiger partial charge in [-0.3, -0.25) is 4.79 Å². The Morgan fingerprint density at radius 3 is 2.38 bits per heavy atom. The Bertz CT molecular complexity index is 810. The van der Waals surface area contributed by atoms with Crippen molar-refractivity contribution in [2.75, 3.05) is 43.1 Å². The van der Waals surface area contributed by atoms with E-state index in [1.165, 1.54) is 24.9 Å². The lowest BCUT2D eigenvalue weighted by Crippen LogP contribution is -2.47. The number of aromatic nitrogens is 1. The lowest BCUT2D eigenvalue weighted by Gasteiger charge is -2.36. The van der Waals surface area contributed by atoms with E-state index in [0.717, 1.165) is 50.6 Å². The Labute approximate surface area is 172 Å². The zero-order chi connectivity index (χ0) is 20.1. The summed E-state index contributed by atoms with van der Waals surface area (Å²) < 4.78 is 5.24. The molecule has 6 heteroatoms. The Morgan fingerprint density at radius 2 is 1.69 bits per heavy atom. The molecule has 1 aromatic carbocycles. The lowest BCUT2D eigenvalue weighted by atomic mass is 9.95. The number of amides is 1. The van der Waals surface area contributed by atoms with E-state index in [2.05, 4.69) is 32.2 Å². The van der Waals surface area contributed by atoms with Crippen molar-refractivity contribution >= 4 is 17.4 Å². The molecule has 2 heterocycles. The van der Waals surface area contributed by atoms with Gasteiger partial charge in [0.2, 0.25) is 0 Å². The maximum Gasteiger partial charge on any atom is 0.251 e. The number of piperazine rings is 1. The predicted molar refractivity (Wildman–Crippen MR) is 116 cm³/mol. The van der Waals surface area contributed by atoms with Gasteiger partial charge in [0.05, 0.1) is 7.11 Å². The minimum absolute atomic E-state index is 0.0254. The van der Waals surface area contributed by atoms with Crippen LogP contribution in [0.2, 0.25) is 0 Å². The minimum atomic E-state index is 0.0254. The first-order chi connectivity index (χ1) is 14.2. The maximum absolute atomic E-state index is 12.7. The molecule has 154 valence electrons. The van der Waals surface area contributed by atoms with Crippen molar-refractivity contribution in [3.8, 4) is 5.75 Å². The summed E-state index contributed by atoms with van der Waals surface area (Å²) in [6.45, 7) is 3.61. The number of nitrogens with zero attached hydrogens (tertiary/aromatic N) is 3. The highest BCUT2D eigenvalue weighted by atomic mass is 16.5. The van der Waals surface area contributed by atoms with Gasteiger partial charge < -0.3 is 19.9 Å². The molecule has 1 amide bonds. The summed E-state index contributed by atoms with van der Waals surface area (Å²) in [6, 6.07) is 12.3. The third-order valence-corrected chi connectivity index (χ3v) is 5.99. The summed E-state index contributed by atoms with van der Waals surface area (Å²) in [4.78, 5) is 21.8. The fourth-order valence-electron chi connectivity index (χ4n) is 4.24. The summed E-state index contributed by atoms with van der Waals surface area (Å²) in [5.41, 5.74) is 1.91. The molecular weight excluding hydrogens is 364 g/mol. The number of pyridine rings is 1. The molecule has 0 unspecified atom stereocenters. The number of anilines is 2. The van der Waals surface area contributed by atoms with Gasteiger partial charge in [-0.2, -0.15) is 0 Å². The molecular formula is C23H30N4O2. The van der Waals surface area contributed by atoms with E-state index in [0.29, 0.717) is 11.6 Å². The molecule has 6 nitrogen and oxygen atoms in total. The van der Waals surface area contributed by atoms with Crippen molar-refractivity contribution in [3.05, 3.63) is 48.2 Å². The largest absolute Gasteiger partial charge is 0.497 e. The molecule has 2 aromatic rings. The molecule has 4 rings (SSSR count). The summed E-state index contributed by atoms with van der Waals surface area (Å²) in [7, 11) is 1.68. The number of hydrogen-bond donors (Lipinski definition) is 1. The van der Waals surface area contributed by atoms with Crippen molar-refractivity contribution in [3.63, 3.8) is 0 Å². The molecule has 1 aromatic heterocycles. The van der Waals surface area contributed by atoms with Crippen LogP contribution in [0.1, 0.15) is 42.5 Å². The summed E-state index contributed by atoms with van der Waals surface area (Å²) in [5.74, 6) is 1.79. The van der Waals surface area contributed by atoms with Gasteiger partial charge in [0.15, 0.2) is 0 Å². The molecule has 2 fully saturated rings. The molecule has 0 bridgehead atoms. The van der Waals surface area contributed by atoms with Crippen LogP contribution in [-0.4, -0.2) is 50.2 Å². The van der Waals surface area contributed by atoms with Crippen molar-refractivity contribution in [2.24, 2.45) is 0 Å². The molecule has 1 N–H and O–H groups in total. The van der Waals surface area contributed by atoms with Crippen LogP contribution in [0.3, 0.4) is 0 Å². The van der Waals surface area contributed by atoms with Gasteiger partial charge in [0.25, 0.3) is 5.91 Å². The van der Waals surface area contributed by atoms with Crippen LogP contribution in [0.25, 0.3) is 0 Å². The second-order valence-corrected chi connectivity index (χ2v) is 7.88. The van der Waals surface area contributed by atoms with Crippen LogP contribution in [0, 0.1) is 0 Å². The third kappa shape index (κ3) is 4.81. The highest BCUT2D eigenvalue weighted by Gasteiger charge is 2.21. The van der Waals surface area contributed by atoms with Crippen LogP contribution >= 0.6 is 0 Å². The van der Waals surface area contributed by atoms with E-state index in [1.807, 2.05) is 24.3 Å². The van der Waals surface area contributed by atoms with Gasteiger partial charge in [0.1, 0.15) is 11.6 Å². The quantitative estimate of drug-likeness (QED) is 0.841. The van der Waals surface area contributed by atoms with Gasteiger partial charge in [-0.25, -0.2) is 4.98 Å². The number of carbonyl (C=O) groups excluding carboxylic acids is 1. The van der Waals surface area contributed by atoms with E-state index in [4.69, 9.17) is 4.74 Å². The Kier molecular flexibility index (Phi) is 6.17. The number of hydrogen-bond acceptors (Lipinski definition) is 5. The van der Waals surface area contributed by atoms with Gasteiger partial charge in [0, 0.05) is 49.7 Å². The van der Waals surface area contributed by atoms with Crippen LogP contribution in [0.15, 0.2) is 42.6 Å². The fourth-order valence-corrected chi connectivity index (χ4v) is 4.24. The molecule has 0 radical (unpaired) electrons. The van der Waals surface area contributed by atoms with Crippen molar-refractivity contribution in [1.82, 2.24) is 10.3 Å². The average molecular weight is 395 g/mol. The standard InChI is InChI=1S/C23H30N4O2/c1-29-21-9-7-20(8-10-21)26-13-15-27(16-14-26)22-17-18(11-12-24-22)23(28)25-19-5-3-2-4-6-19/h7-12,17,19H,2-6,13-16H2,1H3,(H,25,28). The number of carbonyl (C=O) groups is 1. The van der Waals surface area contributed by atoms with Crippen molar-refractivity contribution < 1.29 is 9.53 Å². The Balaban J connectivity index is 1.35. The first-order valence-corrected chi connectivity index (χ1v) is 10.6. The van der Waals surface area contributed by atoms with Gasteiger partial charge in [-0.15, -0.1) is 0 Å². The summed E-state index contributed by atoms with van der Waals surface area (Å²) in [6.07, 6.45) is 7.65. The number of methoxy groups -OCH3 is 1. The summed E-state index contributed by atoms with van der Waals surface area (Å²) >= 11 is 0. The first kappa shape index (κ1) is 19.6. The molecule has 29 heavy (non-hydrogen) atoms. The van der Waals surface area contributed by atoms with E-state index in [9.17, 15) is 4.79 Å². The van der Waals surface area contributed by atoms with E-state index in [1.54, 1.807) is 13.3 Å². The lowest BCUT2D eigenvalue weighted by molar-refractivity contribution is 0.0927. The topological polar surface area (TPSA) is 57.7 Å². The Hall–Kier alpha value is -2.76. The molecule has 1 aliphatic heterocycles. The first-order valence-electron chi connectivity index (χ1n) is 10.6. The average Bonchev–Trinajstić information content (AvgIpc) is 2.80. The van der Waals surface area contributed by atoms with E-state index in [-0.39, 0.29) is 5.91 Å². The minimum Gasteiger partial charge on any atom is -0.497 e. The molecule has 1 saturated carbocycles. The SMILES string of the molecule is COc1ccc(N2CCN(c3cc(C(=O)NC4CCCCC4)ccn3)CC2)cc1. The van der Waals surface area contributed by atoms with Crippen molar-refractivity contribution in [1.29, 1.82) is 0 Å².